The van der Waals surface area contributed by atoms with Gasteiger partial charge in [0.15, 0.2) is 24.8 Å². The van der Waals surface area contributed by atoms with E-state index in [1.165, 1.54) is 173 Å². The van der Waals surface area contributed by atoms with Gasteiger partial charge in [0.2, 0.25) is 0 Å². The summed E-state index contributed by atoms with van der Waals surface area (Å²) < 4.78 is 73.4. The minimum atomic E-state index is -5.81. The van der Waals surface area contributed by atoms with Gasteiger partial charge in [-0.3, -0.25) is 28.2 Å². The van der Waals surface area contributed by atoms with Gasteiger partial charge in [-0.25, -0.2) is 4.57 Å². The molecule has 0 aromatic heterocycles. The lowest BCUT2D eigenvalue weighted by atomic mass is 9.84. The average molecular weight is 1710 g/mol. The molecule has 18 atom stereocenters. The summed E-state index contributed by atoms with van der Waals surface area (Å²) >= 11 is 0. The third kappa shape index (κ3) is 50.8. The summed E-state index contributed by atoms with van der Waals surface area (Å²) in [7, 11) is -5.81. The highest BCUT2D eigenvalue weighted by Crippen LogP contribution is 2.49. The molecule has 10 N–H and O–H groups in total. The lowest BCUT2D eigenvalue weighted by molar-refractivity contribution is -0.360. The summed E-state index contributed by atoms with van der Waals surface area (Å²) in [5, 5.41) is 102. The van der Waals surface area contributed by atoms with Crippen molar-refractivity contribution in [2.45, 2.75) is 511 Å². The number of aliphatic hydroxyl groups excluding tert-OH is 9. The number of unbranched alkanes of at least 4 members (excludes halogenated alkanes) is 49. The highest BCUT2D eigenvalue weighted by atomic mass is 31.2. The highest BCUT2D eigenvalue weighted by Gasteiger charge is 2.60. The van der Waals surface area contributed by atoms with Gasteiger partial charge >= 0.3 is 31.7 Å². The van der Waals surface area contributed by atoms with Gasteiger partial charge in [0.25, 0.3) is 0 Å². The van der Waals surface area contributed by atoms with Crippen LogP contribution in [0.2, 0.25) is 0 Å². The van der Waals surface area contributed by atoms with Gasteiger partial charge in [-0.15, -0.1) is 0 Å². The molecule has 692 valence electrons. The molecule has 25 nitrogen and oxygen atoms in total. The summed E-state index contributed by atoms with van der Waals surface area (Å²) in [5.74, 6) is -2.98. The molecule has 0 aromatic rings. The van der Waals surface area contributed by atoms with Crippen molar-refractivity contribution < 1.29 is 122 Å². The van der Waals surface area contributed by atoms with Crippen LogP contribution in [-0.2, 0) is 70.7 Å². The molecule has 0 amide bonds. The van der Waals surface area contributed by atoms with Crippen molar-refractivity contribution in [2.24, 2.45) is 0 Å². The number of hydrogen-bond acceptors (Lipinski definition) is 24. The van der Waals surface area contributed by atoms with Crippen LogP contribution in [0.5, 0.6) is 0 Å². The minimum Gasteiger partial charge on any atom is -0.463 e. The molecule has 2 heterocycles. The van der Waals surface area contributed by atoms with E-state index in [1.54, 1.807) is 0 Å². The zero-order chi connectivity index (χ0) is 86.1. The fourth-order valence-electron chi connectivity index (χ4n) is 15.6. The Morgan fingerprint density at radius 3 is 1.03 bits per heavy atom. The number of ether oxygens (including phenoxy) is 8. The van der Waals surface area contributed by atoms with Crippen LogP contribution in [0.4, 0.5) is 0 Å². The van der Waals surface area contributed by atoms with Crippen LogP contribution >= 0.6 is 7.82 Å². The van der Waals surface area contributed by atoms with Gasteiger partial charge in [0.1, 0.15) is 92.6 Å². The van der Waals surface area contributed by atoms with Gasteiger partial charge in [0, 0.05) is 25.7 Å². The van der Waals surface area contributed by atoms with E-state index < -0.39 is 162 Å². The number of carbonyl (C=O) groups excluding carboxylic acids is 4. The molecule has 3 aliphatic rings. The molecule has 18 unspecified atom stereocenters. The fraction of sp³-hybridized carbons (Fsp3) is 0.913. The largest absolute Gasteiger partial charge is 0.472 e. The van der Waals surface area contributed by atoms with E-state index in [9.17, 15) is 74.6 Å². The minimum absolute atomic E-state index is 0.00939. The molecular weight excluding hydrogens is 1540 g/mol. The Balaban J connectivity index is 1.91. The Morgan fingerprint density at radius 2 is 0.636 bits per heavy atom. The molecule has 0 bridgehead atoms. The summed E-state index contributed by atoms with van der Waals surface area (Å²) in [4.78, 5) is 66.5. The third-order valence-corrected chi connectivity index (χ3v) is 24.2. The van der Waals surface area contributed by atoms with Crippen LogP contribution in [0.1, 0.15) is 407 Å². The third-order valence-electron chi connectivity index (χ3n) is 23.2. The van der Waals surface area contributed by atoms with Crippen LogP contribution in [0.15, 0.2) is 24.3 Å². The highest BCUT2D eigenvalue weighted by molar-refractivity contribution is 7.47. The molecule has 26 heteroatoms. The Hall–Kier alpha value is -3.05. The normalized spacial score (nSPS) is 25.0. The number of rotatable bonds is 77. The Labute approximate surface area is 711 Å². The topological polar surface area (TPSA) is 380 Å². The summed E-state index contributed by atoms with van der Waals surface area (Å²) in [6, 6.07) is 0. The van der Waals surface area contributed by atoms with Crippen LogP contribution in [0.3, 0.4) is 0 Å². The molecule has 3 rings (SSSR count). The fourth-order valence-corrected chi connectivity index (χ4v) is 16.6. The second kappa shape index (κ2) is 71.1. The number of esters is 4. The molecule has 118 heavy (non-hydrogen) atoms. The van der Waals surface area contributed by atoms with Crippen molar-refractivity contribution in [3.05, 3.63) is 24.3 Å². The van der Waals surface area contributed by atoms with Gasteiger partial charge < -0.3 is 88.7 Å². The van der Waals surface area contributed by atoms with Crippen LogP contribution in [0, 0.1) is 0 Å². The molecule has 2 aliphatic heterocycles. The Morgan fingerprint density at radius 1 is 0.331 bits per heavy atom. The van der Waals surface area contributed by atoms with Gasteiger partial charge in [-0.1, -0.05) is 328 Å². The summed E-state index contributed by atoms with van der Waals surface area (Å²) in [6.07, 6.45) is 31.6. The van der Waals surface area contributed by atoms with Crippen molar-refractivity contribution in [1.29, 1.82) is 0 Å². The maximum Gasteiger partial charge on any atom is 0.472 e. The van der Waals surface area contributed by atoms with E-state index in [2.05, 4.69) is 52.0 Å². The first-order chi connectivity index (χ1) is 57.2. The molecule has 1 aliphatic carbocycles. The number of hydrogen-bond donors (Lipinski definition) is 10. The summed E-state index contributed by atoms with van der Waals surface area (Å²) in [6.45, 7) is 5.58. The van der Waals surface area contributed by atoms with Gasteiger partial charge in [0.05, 0.1) is 13.2 Å². The molecule has 2 saturated heterocycles. The van der Waals surface area contributed by atoms with Crippen LogP contribution < -0.4 is 0 Å². The molecule has 0 spiro atoms. The van der Waals surface area contributed by atoms with E-state index in [4.69, 9.17) is 46.9 Å². The van der Waals surface area contributed by atoms with Crippen LogP contribution in [0.25, 0.3) is 0 Å². The quantitative estimate of drug-likeness (QED) is 0.00889. The lowest BCUT2D eigenvalue weighted by Crippen LogP contribution is -2.70. The second-order valence-electron chi connectivity index (χ2n) is 33.9. The second-order valence-corrected chi connectivity index (χ2v) is 35.3. The zero-order valence-corrected chi connectivity index (χ0v) is 74.6. The number of aliphatic hydroxyl groups is 9. The number of allylic oxidation sites excluding steroid dienone is 4. The smallest absolute Gasteiger partial charge is 0.463 e. The molecule has 1 saturated carbocycles. The predicted octanol–water partition coefficient (Wildman–Crippen LogP) is 17.7. The number of phosphoric ester groups is 1. The maximum atomic E-state index is 14.9. The summed E-state index contributed by atoms with van der Waals surface area (Å²) in [5.41, 5.74) is 0. The molecule has 3 fully saturated rings. The first kappa shape index (κ1) is 109. The first-order valence-electron chi connectivity index (χ1n) is 47.6. The van der Waals surface area contributed by atoms with E-state index in [0.29, 0.717) is 38.5 Å². The predicted molar refractivity (Wildman–Crippen MR) is 458 cm³/mol. The first-order valence-corrected chi connectivity index (χ1v) is 49.1. The molecule has 0 radical (unpaired) electrons. The SMILES string of the molecule is CCCCCC/C=C\CCCCCCCCCC(=O)OCC1OC(OC2C(OC(=O)CCCCCCCCCCCCCCCCC)C(O)C(O)C(OC3OC(CO)C(O)C(O)C3O)C2OP(=O)(O)OCC(COC(=O)CCCCCCCCCCCCCCCCCC)OC(=O)CCCCC/C=C\CCCCCCCC)C(O)C(O)C1O. The van der Waals surface area contributed by atoms with E-state index in [1.807, 2.05) is 0 Å². The van der Waals surface area contributed by atoms with Gasteiger partial charge in [-0.05, 0) is 77.0 Å². The number of phosphoric acid groups is 1. The Kier molecular flexibility index (Phi) is 65.8. The molecule has 0 aromatic carbocycles. The lowest BCUT2D eigenvalue weighted by Gasteiger charge is -2.50. The Bertz CT molecular complexity index is 2550. The van der Waals surface area contributed by atoms with Crippen molar-refractivity contribution >= 4 is 31.7 Å². The van der Waals surface area contributed by atoms with E-state index in [0.717, 1.165) is 141 Å². The molecular formula is C92H169O25P. The maximum absolute atomic E-state index is 14.9. The monoisotopic (exact) mass is 1710 g/mol. The average Bonchev–Trinajstić information content (AvgIpc) is 0.755. The van der Waals surface area contributed by atoms with Crippen LogP contribution in [-0.4, -0.2) is 205 Å². The van der Waals surface area contributed by atoms with Crippen molar-refractivity contribution in [2.75, 3.05) is 26.4 Å². The van der Waals surface area contributed by atoms with Crippen molar-refractivity contribution in [3.8, 4) is 0 Å². The van der Waals surface area contributed by atoms with Crippen molar-refractivity contribution in [3.63, 3.8) is 0 Å². The van der Waals surface area contributed by atoms with Crippen molar-refractivity contribution in [1.82, 2.24) is 0 Å². The standard InChI is InChI=1S/C92H169O25P/c1-5-9-13-17-21-25-29-33-36-39-42-44-48-52-56-60-64-75(94)108-69-72(111-77(96)66-62-58-54-50-46-40-32-28-24-20-16-12-8-4)70-110-118(106,107)117-90-88(115-91-85(104)81(100)79(98)73(68-93)112-91)84(103)83(102)87(114-78(97)67-63-59-55-51-47-43-38-35-31-27-23-19-15-11-7-3)89(90)116-92-86(105)82(101)80(99)74(113-92)71-109-76(95)65-61-57-53-49-45-41-37-34-30-26-22-18-14-10-6-2/h26,30,40,46,72-74,79-93,98-105H,5-25,27-29,31-39,41-45,47-71H2,1-4H3,(H,106,107)/b30-26-,46-40-. The zero-order valence-electron chi connectivity index (χ0n) is 73.7. The number of carbonyl (C=O) groups is 4. The van der Waals surface area contributed by atoms with E-state index in [-0.39, 0.29) is 25.7 Å². The van der Waals surface area contributed by atoms with E-state index >= 15 is 0 Å². The van der Waals surface area contributed by atoms with Gasteiger partial charge in [-0.2, -0.15) is 0 Å².